The first-order chi connectivity index (χ1) is 8.93. The second kappa shape index (κ2) is 5.01. The summed E-state index contributed by atoms with van der Waals surface area (Å²) in [6.45, 7) is 1.58. The Kier molecular flexibility index (Phi) is 3.06. The molecule has 18 heavy (non-hydrogen) atoms. The molecule has 0 amide bonds. The lowest BCUT2D eigenvalue weighted by atomic mass is 10.2. The molecule has 3 rings (SSSR count). The topological polar surface area (TPSA) is 64.1 Å². The van der Waals surface area contributed by atoms with E-state index in [1.165, 1.54) is 12.0 Å². The van der Waals surface area contributed by atoms with Crippen molar-refractivity contribution < 1.29 is 8.94 Å². The van der Waals surface area contributed by atoms with Crippen LogP contribution in [0.3, 0.4) is 0 Å². The molecule has 5 heteroatoms. The van der Waals surface area contributed by atoms with E-state index in [0.29, 0.717) is 0 Å². The van der Waals surface area contributed by atoms with Crippen LogP contribution in [0.2, 0.25) is 0 Å². The summed E-state index contributed by atoms with van der Waals surface area (Å²) >= 11 is 0. The molecular weight excluding hydrogens is 230 g/mol. The Labute approximate surface area is 104 Å². The maximum absolute atomic E-state index is 5.47. The van der Waals surface area contributed by atoms with E-state index < -0.39 is 0 Å². The molecule has 1 aromatic carbocycles. The number of benzene rings is 1. The lowest BCUT2D eigenvalue weighted by Gasteiger charge is -2.00. The van der Waals surface area contributed by atoms with Gasteiger partial charge in [0.15, 0.2) is 5.82 Å². The summed E-state index contributed by atoms with van der Waals surface area (Å²) in [7, 11) is 0. The Morgan fingerprint density at radius 3 is 3.06 bits per heavy atom. The SMILES string of the molecule is c1ccc2c(CNCCc3ncon3)coc2c1. The van der Waals surface area contributed by atoms with Gasteiger partial charge in [-0.1, -0.05) is 23.4 Å². The van der Waals surface area contributed by atoms with E-state index in [-0.39, 0.29) is 0 Å². The lowest BCUT2D eigenvalue weighted by Crippen LogP contribution is -2.16. The van der Waals surface area contributed by atoms with E-state index in [1.54, 1.807) is 6.26 Å². The van der Waals surface area contributed by atoms with Crippen molar-refractivity contribution in [3.05, 3.63) is 48.3 Å². The molecule has 0 aliphatic heterocycles. The normalized spacial score (nSPS) is 11.1. The molecule has 0 fully saturated rings. The Morgan fingerprint density at radius 1 is 1.22 bits per heavy atom. The van der Waals surface area contributed by atoms with Crippen molar-refractivity contribution in [1.29, 1.82) is 0 Å². The van der Waals surface area contributed by atoms with Crippen LogP contribution in [0.15, 0.2) is 45.9 Å². The van der Waals surface area contributed by atoms with Crippen molar-refractivity contribution in [2.75, 3.05) is 6.54 Å². The second-order valence-corrected chi connectivity index (χ2v) is 4.03. The molecule has 3 aromatic rings. The van der Waals surface area contributed by atoms with Crippen LogP contribution >= 0.6 is 0 Å². The number of nitrogens with zero attached hydrogens (tertiary/aromatic N) is 2. The van der Waals surface area contributed by atoms with Crippen molar-refractivity contribution in [2.24, 2.45) is 0 Å². The molecule has 2 heterocycles. The molecule has 1 N–H and O–H groups in total. The molecule has 0 spiro atoms. The fourth-order valence-corrected chi connectivity index (χ4v) is 1.90. The van der Waals surface area contributed by atoms with Crippen LogP contribution in [0.4, 0.5) is 0 Å². The summed E-state index contributed by atoms with van der Waals surface area (Å²) in [5.41, 5.74) is 2.09. The Morgan fingerprint density at radius 2 is 2.17 bits per heavy atom. The van der Waals surface area contributed by atoms with Gasteiger partial charge < -0.3 is 14.3 Å². The third-order valence-electron chi connectivity index (χ3n) is 2.81. The molecule has 0 saturated heterocycles. The van der Waals surface area contributed by atoms with Crippen LogP contribution < -0.4 is 5.32 Å². The molecule has 0 saturated carbocycles. The fourth-order valence-electron chi connectivity index (χ4n) is 1.90. The van der Waals surface area contributed by atoms with Gasteiger partial charge in [0.25, 0.3) is 0 Å². The van der Waals surface area contributed by atoms with E-state index >= 15 is 0 Å². The zero-order valence-electron chi connectivity index (χ0n) is 9.80. The summed E-state index contributed by atoms with van der Waals surface area (Å²) in [6.07, 6.45) is 3.90. The smallest absolute Gasteiger partial charge is 0.213 e. The van der Waals surface area contributed by atoms with Crippen LogP contribution in [-0.2, 0) is 13.0 Å². The van der Waals surface area contributed by atoms with Crippen molar-refractivity contribution in [3.8, 4) is 0 Å². The molecule has 0 unspecified atom stereocenters. The second-order valence-electron chi connectivity index (χ2n) is 4.03. The van der Waals surface area contributed by atoms with Crippen LogP contribution in [-0.4, -0.2) is 16.7 Å². The van der Waals surface area contributed by atoms with Gasteiger partial charge in [-0.25, -0.2) is 0 Å². The number of para-hydroxylation sites is 1. The van der Waals surface area contributed by atoms with E-state index in [9.17, 15) is 0 Å². The predicted molar refractivity (Wildman–Crippen MR) is 65.9 cm³/mol. The Bertz CT molecular complexity index is 616. The van der Waals surface area contributed by atoms with Gasteiger partial charge in [0, 0.05) is 30.5 Å². The third-order valence-corrected chi connectivity index (χ3v) is 2.81. The monoisotopic (exact) mass is 243 g/mol. The molecule has 0 atom stereocenters. The van der Waals surface area contributed by atoms with E-state index in [0.717, 1.165) is 36.3 Å². The van der Waals surface area contributed by atoms with Gasteiger partial charge in [-0.15, -0.1) is 0 Å². The number of aromatic nitrogens is 2. The first-order valence-electron chi connectivity index (χ1n) is 5.84. The van der Waals surface area contributed by atoms with Crippen LogP contribution in [0.1, 0.15) is 11.4 Å². The summed E-state index contributed by atoms with van der Waals surface area (Å²) < 4.78 is 10.1. The quantitative estimate of drug-likeness (QED) is 0.695. The predicted octanol–water partition coefficient (Wildman–Crippen LogP) is 2.15. The number of rotatable bonds is 5. The largest absolute Gasteiger partial charge is 0.464 e. The van der Waals surface area contributed by atoms with Gasteiger partial charge in [-0.05, 0) is 6.07 Å². The minimum Gasteiger partial charge on any atom is -0.464 e. The Balaban J connectivity index is 1.57. The molecule has 0 bridgehead atoms. The number of hydrogen-bond acceptors (Lipinski definition) is 5. The highest BCUT2D eigenvalue weighted by molar-refractivity contribution is 5.80. The highest BCUT2D eigenvalue weighted by atomic mass is 16.5. The summed E-state index contributed by atoms with van der Waals surface area (Å²) in [6, 6.07) is 8.02. The van der Waals surface area contributed by atoms with E-state index in [2.05, 4.69) is 26.0 Å². The third kappa shape index (κ3) is 2.26. The standard InChI is InChI=1S/C13H13N3O2/c1-2-4-12-11(3-1)10(8-17-12)7-14-6-5-13-15-9-18-16-13/h1-4,8-9,14H,5-7H2. The number of fused-ring (bicyclic) bond motifs is 1. The van der Waals surface area contributed by atoms with Crippen molar-refractivity contribution in [2.45, 2.75) is 13.0 Å². The van der Waals surface area contributed by atoms with Gasteiger partial charge >= 0.3 is 0 Å². The summed E-state index contributed by atoms with van der Waals surface area (Å²) in [4.78, 5) is 3.96. The zero-order chi connectivity index (χ0) is 12.2. The average molecular weight is 243 g/mol. The highest BCUT2D eigenvalue weighted by Gasteiger charge is 2.04. The number of furan rings is 1. The maximum atomic E-state index is 5.47. The van der Waals surface area contributed by atoms with Gasteiger partial charge in [-0.3, -0.25) is 0 Å². The first kappa shape index (κ1) is 11.0. The molecule has 92 valence electrons. The van der Waals surface area contributed by atoms with Gasteiger partial charge in [0.1, 0.15) is 5.58 Å². The Hall–Kier alpha value is -2.14. The summed E-state index contributed by atoms with van der Waals surface area (Å²) in [5, 5.41) is 8.25. The van der Waals surface area contributed by atoms with Crippen LogP contribution in [0.25, 0.3) is 11.0 Å². The van der Waals surface area contributed by atoms with Gasteiger partial charge in [0.05, 0.1) is 6.26 Å². The molecule has 0 aliphatic carbocycles. The number of nitrogens with one attached hydrogen (secondary N) is 1. The highest BCUT2D eigenvalue weighted by Crippen LogP contribution is 2.20. The van der Waals surface area contributed by atoms with E-state index in [4.69, 9.17) is 4.42 Å². The number of hydrogen-bond donors (Lipinski definition) is 1. The van der Waals surface area contributed by atoms with Crippen molar-refractivity contribution >= 4 is 11.0 Å². The zero-order valence-corrected chi connectivity index (χ0v) is 9.80. The molecule has 0 aliphatic rings. The average Bonchev–Trinajstić information content (AvgIpc) is 3.04. The van der Waals surface area contributed by atoms with E-state index in [1.807, 2.05) is 18.2 Å². The van der Waals surface area contributed by atoms with Crippen LogP contribution in [0, 0.1) is 0 Å². The van der Waals surface area contributed by atoms with Crippen molar-refractivity contribution in [1.82, 2.24) is 15.5 Å². The minimum absolute atomic E-state index is 0.722. The van der Waals surface area contributed by atoms with Crippen molar-refractivity contribution in [3.63, 3.8) is 0 Å². The fraction of sp³-hybridized carbons (Fsp3) is 0.231. The molecular formula is C13H13N3O2. The summed E-state index contributed by atoms with van der Waals surface area (Å²) in [5.74, 6) is 0.722. The van der Waals surface area contributed by atoms with Gasteiger partial charge in [-0.2, -0.15) is 4.98 Å². The van der Waals surface area contributed by atoms with Gasteiger partial charge in [0.2, 0.25) is 6.39 Å². The lowest BCUT2D eigenvalue weighted by molar-refractivity contribution is 0.409. The first-order valence-corrected chi connectivity index (χ1v) is 5.84. The molecule has 2 aromatic heterocycles. The molecule has 0 radical (unpaired) electrons. The van der Waals surface area contributed by atoms with Crippen LogP contribution in [0.5, 0.6) is 0 Å². The molecule has 5 nitrogen and oxygen atoms in total. The minimum atomic E-state index is 0.722. The maximum Gasteiger partial charge on any atom is 0.213 e.